The molecule has 1 aromatic heterocycles. The number of nitrogens with one attached hydrogen (secondary N) is 1. The highest BCUT2D eigenvalue weighted by molar-refractivity contribution is 5.83. The number of aromatic nitrogens is 2. The minimum Gasteiger partial charge on any atom is -0.387 e. The van der Waals surface area contributed by atoms with E-state index in [2.05, 4.69) is 34.8 Å². The van der Waals surface area contributed by atoms with Gasteiger partial charge in [0.05, 0.1) is 5.84 Å². The average molecular weight is 247 g/mol. The van der Waals surface area contributed by atoms with E-state index in [4.69, 9.17) is 11.1 Å². The molecule has 0 unspecified atom stereocenters. The molecule has 0 atom stereocenters. The Kier molecular flexibility index (Phi) is 3.50. The van der Waals surface area contributed by atoms with E-state index in [1.165, 1.54) is 0 Å². The van der Waals surface area contributed by atoms with Gasteiger partial charge in [-0.1, -0.05) is 13.8 Å². The number of nitrogens with two attached hydrogens (primary N) is 1. The highest BCUT2D eigenvalue weighted by atomic mass is 15.2. The summed E-state index contributed by atoms with van der Waals surface area (Å²) in [6.07, 6.45) is 4.38. The Labute approximate surface area is 108 Å². The maximum atomic E-state index is 7.65. The van der Waals surface area contributed by atoms with Crippen molar-refractivity contribution in [2.24, 2.45) is 11.1 Å². The molecule has 2 heterocycles. The minimum absolute atomic E-state index is 0.142. The van der Waals surface area contributed by atoms with E-state index in [9.17, 15) is 0 Å². The van der Waals surface area contributed by atoms with Crippen molar-refractivity contribution in [3.8, 4) is 0 Å². The van der Waals surface area contributed by atoms with Crippen LogP contribution in [-0.4, -0.2) is 28.9 Å². The van der Waals surface area contributed by atoms with Gasteiger partial charge < -0.3 is 10.6 Å². The summed E-state index contributed by atoms with van der Waals surface area (Å²) in [6, 6.07) is 2.05. The molecule has 0 aliphatic carbocycles. The summed E-state index contributed by atoms with van der Waals surface area (Å²) in [5, 5.41) is 7.65. The predicted molar refractivity (Wildman–Crippen MR) is 72.9 cm³/mol. The summed E-state index contributed by atoms with van der Waals surface area (Å²) in [5.41, 5.74) is 6.60. The lowest BCUT2D eigenvalue weighted by Crippen LogP contribution is -2.45. The molecule has 0 radical (unpaired) electrons. The number of rotatable bonds is 3. The Bertz CT molecular complexity index is 435. The zero-order valence-corrected chi connectivity index (χ0v) is 11.1. The third-order valence-electron chi connectivity index (χ3n) is 3.91. The van der Waals surface area contributed by atoms with Gasteiger partial charge in [-0.15, -0.1) is 0 Å². The highest BCUT2D eigenvalue weighted by Gasteiger charge is 2.33. The molecule has 0 saturated carbocycles. The summed E-state index contributed by atoms with van der Waals surface area (Å²) in [6.45, 7) is 5.96. The number of anilines is 1. The lowest BCUT2D eigenvalue weighted by Gasteiger charge is -2.39. The number of hydrogen-bond donors (Lipinski definition) is 2. The monoisotopic (exact) mass is 247 g/mol. The second-order valence-electron chi connectivity index (χ2n) is 5.18. The van der Waals surface area contributed by atoms with Gasteiger partial charge in [0.1, 0.15) is 12.1 Å². The normalized spacial score (nSPS) is 18.7. The minimum atomic E-state index is -0.142. The molecule has 3 N–H and O–H groups in total. The van der Waals surface area contributed by atoms with Gasteiger partial charge in [-0.3, -0.25) is 5.41 Å². The summed E-state index contributed by atoms with van der Waals surface area (Å²) in [7, 11) is 0. The second-order valence-corrected chi connectivity index (χ2v) is 5.18. The van der Waals surface area contributed by atoms with Crippen LogP contribution in [-0.2, 0) is 6.42 Å². The molecule has 1 aliphatic rings. The van der Waals surface area contributed by atoms with Crippen molar-refractivity contribution in [1.29, 1.82) is 5.41 Å². The van der Waals surface area contributed by atoms with E-state index in [-0.39, 0.29) is 5.41 Å². The molecule has 98 valence electrons. The molecule has 1 aromatic rings. The fraction of sp³-hybridized carbons (Fsp3) is 0.615. The van der Waals surface area contributed by atoms with Crippen molar-refractivity contribution in [2.75, 3.05) is 18.0 Å². The van der Waals surface area contributed by atoms with Gasteiger partial charge in [-0.05, 0) is 19.3 Å². The Hall–Kier alpha value is -1.65. The van der Waals surface area contributed by atoms with E-state index in [1.807, 2.05) is 0 Å². The van der Waals surface area contributed by atoms with Crippen LogP contribution in [0.4, 0.5) is 5.82 Å². The molecule has 1 aliphatic heterocycles. The zero-order chi connectivity index (χ0) is 13.2. The quantitative estimate of drug-likeness (QED) is 0.628. The maximum Gasteiger partial charge on any atom is 0.132 e. The first-order chi connectivity index (χ1) is 8.55. The first-order valence-corrected chi connectivity index (χ1v) is 6.45. The standard InChI is InChI=1S/C13H21N5/c1-3-10-8-11(17-9-16-10)18-6-4-13(2,5-7-18)12(14)15/h8-9H,3-7H2,1-2H3,(H3,14,15). The molecule has 0 amide bonds. The average Bonchev–Trinajstić information content (AvgIpc) is 2.39. The van der Waals surface area contributed by atoms with E-state index in [0.29, 0.717) is 5.84 Å². The van der Waals surface area contributed by atoms with Crippen LogP contribution >= 0.6 is 0 Å². The van der Waals surface area contributed by atoms with Gasteiger partial charge in [0.25, 0.3) is 0 Å². The van der Waals surface area contributed by atoms with Crippen LogP contribution in [0.5, 0.6) is 0 Å². The van der Waals surface area contributed by atoms with E-state index in [1.54, 1.807) is 6.33 Å². The van der Waals surface area contributed by atoms with Crippen LogP contribution in [0, 0.1) is 10.8 Å². The van der Waals surface area contributed by atoms with Gasteiger partial charge in [0.15, 0.2) is 0 Å². The Balaban J connectivity index is 2.07. The SMILES string of the molecule is CCc1cc(N2CCC(C)(C(=N)N)CC2)ncn1. The highest BCUT2D eigenvalue weighted by Crippen LogP contribution is 2.32. The van der Waals surface area contributed by atoms with Crippen LogP contribution in [0.1, 0.15) is 32.4 Å². The number of hydrogen-bond acceptors (Lipinski definition) is 4. The van der Waals surface area contributed by atoms with Gasteiger partial charge in [0.2, 0.25) is 0 Å². The molecule has 5 heteroatoms. The molecular formula is C13H21N5. The summed E-state index contributed by atoms with van der Waals surface area (Å²) >= 11 is 0. The lowest BCUT2D eigenvalue weighted by atomic mass is 9.79. The Morgan fingerprint density at radius 2 is 2.11 bits per heavy atom. The smallest absolute Gasteiger partial charge is 0.132 e. The van der Waals surface area contributed by atoms with Crippen molar-refractivity contribution in [3.63, 3.8) is 0 Å². The van der Waals surface area contributed by atoms with E-state index >= 15 is 0 Å². The number of aryl methyl sites for hydroxylation is 1. The zero-order valence-electron chi connectivity index (χ0n) is 11.1. The van der Waals surface area contributed by atoms with Crippen LogP contribution in [0.2, 0.25) is 0 Å². The third-order valence-corrected chi connectivity index (χ3v) is 3.91. The maximum absolute atomic E-state index is 7.65. The molecule has 0 spiro atoms. The lowest BCUT2D eigenvalue weighted by molar-refractivity contribution is 0.350. The molecule has 0 bridgehead atoms. The Morgan fingerprint density at radius 1 is 1.44 bits per heavy atom. The van der Waals surface area contributed by atoms with Crippen LogP contribution in [0.25, 0.3) is 0 Å². The molecule has 18 heavy (non-hydrogen) atoms. The van der Waals surface area contributed by atoms with Crippen molar-refractivity contribution in [3.05, 3.63) is 18.1 Å². The molecule has 5 nitrogen and oxygen atoms in total. The fourth-order valence-corrected chi connectivity index (χ4v) is 2.25. The molecule has 2 rings (SSSR count). The summed E-state index contributed by atoms with van der Waals surface area (Å²) in [4.78, 5) is 10.8. The van der Waals surface area contributed by atoms with Crippen molar-refractivity contribution >= 4 is 11.7 Å². The molecular weight excluding hydrogens is 226 g/mol. The molecule has 1 saturated heterocycles. The van der Waals surface area contributed by atoms with Crippen molar-refractivity contribution in [2.45, 2.75) is 33.1 Å². The predicted octanol–water partition coefficient (Wildman–Crippen LogP) is 1.58. The fourth-order valence-electron chi connectivity index (χ4n) is 2.25. The third kappa shape index (κ3) is 2.44. The first kappa shape index (κ1) is 12.8. The topological polar surface area (TPSA) is 78.9 Å². The van der Waals surface area contributed by atoms with Crippen LogP contribution in [0.3, 0.4) is 0 Å². The summed E-state index contributed by atoms with van der Waals surface area (Å²) in [5.74, 6) is 1.30. The van der Waals surface area contributed by atoms with E-state index in [0.717, 1.165) is 43.9 Å². The van der Waals surface area contributed by atoms with Gasteiger partial charge in [-0.25, -0.2) is 9.97 Å². The number of piperidine rings is 1. The first-order valence-electron chi connectivity index (χ1n) is 6.45. The largest absolute Gasteiger partial charge is 0.387 e. The second kappa shape index (κ2) is 4.92. The number of nitrogens with zero attached hydrogens (tertiary/aromatic N) is 3. The van der Waals surface area contributed by atoms with Gasteiger partial charge in [-0.2, -0.15) is 0 Å². The van der Waals surface area contributed by atoms with Gasteiger partial charge in [0, 0.05) is 30.3 Å². The Morgan fingerprint density at radius 3 is 2.67 bits per heavy atom. The number of amidine groups is 1. The van der Waals surface area contributed by atoms with Crippen molar-refractivity contribution < 1.29 is 0 Å². The van der Waals surface area contributed by atoms with Crippen LogP contribution < -0.4 is 10.6 Å². The van der Waals surface area contributed by atoms with Crippen molar-refractivity contribution in [1.82, 2.24) is 9.97 Å². The van der Waals surface area contributed by atoms with Gasteiger partial charge >= 0.3 is 0 Å². The van der Waals surface area contributed by atoms with E-state index < -0.39 is 0 Å². The summed E-state index contributed by atoms with van der Waals surface area (Å²) < 4.78 is 0. The van der Waals surface area contributed by atoms with Crippen LogP contribution in [0.15, 0.2) is 12.4 Å². The molecule has 1 fully saturated rings. The molecule has 0 aromatic carbocycles.